The third kappa shape index (κ3) is 5.06. The van der Waals surface area contributed by atoms with Gasteiger partial charge in [-0.1, -0.05) is 26.8 Å². The maximum Gasteiger partial charge on any atom is 0.328 e. The minimum Gasteiger partial charge on any atom is -0.464 e. The van der Waals surface area contributed by atoms with Crippen LogP contribution in [0.2, 0.25) is 0 Å². The maximum atomic E-state index is 12.1. The predicted octanol–water partition coefficient (Wildman–Crippen LogP) is 3.34. The molecule has 5 heteroatoms. The molecule has 2 N–H and O–H groups in total. The second kappa shape index (κ2) is 7.29. The fourth-order valence-electron chi connectivity index (χ4n) is 1.73. The summed E-state index contributed by atoms with van der Waals surface area (Å²) >= 11 is 0. The Balaban J connectivity index is 2.86. The van der Waals surface area contributed by atoms with E-state index in [4.69, 9.17) is 4.74 Å². The van der Waals surface area contributed by atoms with Gasteiger partial charge >= 0.3 is 5.97 Å². The minimum absolute atomic E-state index is 0.0498. The third-order valence-electron chi connectivity index (χ3n) is 3.19. The summed E-state index contributed by atoms with van der Waals surface area (Å²) in [6.45, 7) is 11.4. The molecule has 0 aliphatic heterocycles. The second-order valence-corrected chi connectivity index (χ2v) is 6.35. The van der Waals surface area contributed by atoms with Gasteiger partial charge in [-0.25, -0.2) is 4.79 Å². The normalized spacial score (nSPS) is 12.5. The maximum absolute atomic E-state index is 12.1. The molecule has 0 saturated carbocycles. The number of hydrogen-bond acceptors (Lipinski definition) is 4. The quantitative estimate of drug-likeness (QED) is 0.819. The van der Waals surface area contributed by atoms with Gasteiger partial charge in [0, 0.05) is 16.8 Å². The molecule has 0 saturated heterocycles. The SMILES string of the molecule is CCOC(=O)[C@H](C)Nc1ccc(C)c(NC(=O)C(C)(C)C)c1. The highest BCUT2D eigenvalue weighted by atomic mass is 16.5. The Kier molecular flexibility index (Phi) is 5.97. The zero-order valence-corrected chi connectivity index (χ0v) is 14.2. The Morgan fingerprint density at radius 2 is 1.91 bits per heavy atom. The van der Waals surface area contributed by atoms with Gasteiger partial charge in [-0.2, -0.15) is 0 Å². The molecule has 0 spiro atoms. The van der Waals surface area contributed by atoms with Crippen molar-refractivity contribution in [2.24, 2.45) is 5.41 Å². The first-order valence-electron chi connectivity index (χ1n) is 7.50. The molecule has 0 unspecified atom stereocenters. The van der Waals surface area contributed by atoms with E-state index in [2.05, 4.69) is 10.6 Å². The highest BCUT2D eigenvalue weighted by molar-refractivity contribution is 5.95. The molecule has 0 bridgehead atoms. The van der Waals surface area contributed by atoms with Crippen molar-refractivity contribution in [1.29, 1.82) is 0 Å². The largest absolute Gasteiger partial charge is 0.464 e. The summed E-state index contributed by atoms with van der Waals surface area (Å²) in [4.78, 5) is 23.8. The number of carbonyl (C=O) groups is 2. The summed E-state index contributed by atoms with van der Waals surface area (Å²) < 4.78 is 4.97. The number of anilines is 2. The van der Waals surface area contributed by atoms with Crippen LogP contribution in [0.3, 0.4) is 0 Å². The van der Waals surface area contributed by atoms with Crippen LogP contribution in [0.15, 0.2) is 18.2 Å². The van der Waals surface area contributed by atoms with Crippen LogP contribution in [0.25, 0.3) is 0 Å². The summed E-state index contributed by atoms with van der Waals surface area (Å²) in [7, 11) is 0. The Hall–Kier alpha value is -2.04. The van der Waals surface area contributed by atoms with Gasteiger partial charge in [0.2, 0.25) is 5.91 Å². The van der Waals surface area contributed by atoms with E-state index in [1.807, 2.05) is 45.9 Å². The Morgan fingerprint density at radius 1 is 1.27 bits per heavy atom. The van der Waals surface area contributed by atoms with Crippen molar-refractivity contribution in [3.63, 3.8) is 0 Å². The first-order chi connectivity index (χ1) is 10.1. The van der Waals surface area contributed by atoms with Gasteiger partial charge in [0.25, 0.3) is 0 Å². The molecule has 22 heavy (non-hydrogen) atoms. The third-order valence-corrected chi connectivity index (χ3v) is 3.19. The van der Waals surface area contributed by atoms with E-state index in [9.17, 15) is 9.59 Å². The topological polar surface area (TPSA) is 67.4 Å². The van der Waals surface area contributed by atoms with Gasteiger partial charge in [-0.15, -0.1) is 0 Å². The van der Waals surface area contributed by atoms with Gasteiger partial charge in [0.15, 0.2) is 0 Å². The predicted molar refractivity (Wildman–Crippen MR) is 89.0 cm³/mol. The lowest BCUT2D eigenvalue weighted by Crippen LogP contribution is -2.29. The van der Waals surface area contributed by atoms with Crippen LogP contribution in [0.4, 0.5) is 11.4 Å². The smallest absolute Gasteiger partial charge is 0.328 e. The second-order valence-electron chi connectivity index (χ2n) is 6.35. The van der Waals surface area contributed by atoms with Crippen LogP contribution < -0.4 is 10.6 Å². The number of aryl methyl sites for hydroxylation is 1. The molecule has 0 fully saturated rings. The molecule has 1 rings (SSSR count). The van der Waals surface area contributed by atoms with Crippen LogP contribution in [0.1, 0.15) is 40.2 Å². The van der Waals surface area contributed by atoms with Crippen molar-refractivity contribution in [1.82, 2.24) is 0 Å². The fourth-order valence-corrected chi connectivity index (χ4v) is 1.73. The van der Waals surface area contributed by atoms with Crippen molar-refractivity contribution in [2.75, 3.05) is 17.2 Å². The molecule has 122 valence electrons. The zero-order chi connectivity index (χ0) is 16.9. The van der Waals surface area contributed by atoms with Crippen LogP contribution in [-0.4, -0.2) is 24.5 Å². The van der Waals surface area contributed by atoms with Crippen LogP contribution in [-0.2, 0) is 14.3 Å². The van der Waals surface area contributed by atoms with Gasteiger partial charge in [-0.3, -0.25) is 4.79 Å². The molecule has 0 aromatic heterocycles. The first-order valence-corrected chi connectivity index (χ1v) is 7.50. The van der Waals surface area contributed by atoms with Crippen molar-refractivity contribution < 1.29 is 14.3 Å². The van der Waals surface area contributed by atoms with Crippen molar-refractivity contribution in [2.45, 2.75) is 47.6 Å². The minimum atomic E-state index is -0.464. The number of amides is 1. The monoisotopic (exact) mass is 306 g/mol. The number of benzene rings is 1. The van der Waals surface area contributed by atoms with Crippen LogP contribution >= 0.6 is 0 Å². The number of carbonyl (C=O) groups excluding carboxylic acids is 2. The van der Waals surface area contributed by atoms with Gasteiger partial charge < -0.3 is 15.4 Å². The van der Waals surface area contributed by atoms with E-state index >= 15 is 0 Å². The molecule has 0 heterocycles. The van der Waals surface area contributed by atoms with E-state index in [-0.39, 0.29) is 11.9 Å². The zero-order valence-electron chi connectivity index (χ0n) is 14.2. The number of nitrogens with one attached hydrogen (secondary N) is 2. The van der Waals surface area contributed by atoms with E-state index < -0.39 is 11.5 Å². The lowest BCUT2D eigenvalue weighted by atomic mass is 9.95. The van der Waals surface area contributed by atoms with Crippen LogP contribution in [0, 0.1) is 12.3 Å². The van der Waals surface area contributed by atoms with Crippen molar-refractivity contribution >= 4 is 23.3 Å². The highest BCUT2D eigenvalue weighted by Crippen LogP contribution is 2.24. The first kappa shape index (κ1) is 18.0. The molecular formula is C17H26N2O3. The number of ether oxygens (including phenoxy) is 1. The lowest BCUT2D eigenvalue weighted by molar-refractivity contribution is -0.143. The lowest BCUT2D eigenvalue weighted by Gasteiger charge is -2.20. The average Bonchev–Trinajstić information content (AvgIpc) is 2.41. The van der Waals surface area contributed by atoms with Gasteiger partial charge in [-0.05, 0) is 38.5 Å². The summed E-state index contributed by atoms with van der Waals surface area (Å²) in [6.07, 6.45) is 0. The molecule has 5 nitrogen and oxygen atoms in total. The number of esters is 1. The molecule has 0 radical (unpaired) electrons. The van der Waals surface area contributed by atoms with Gasteiger partial charge in [0.1, 0.15) is 6.04 Å². The number of hydrogen-bond donors (Lipinski definition) is 2. The Bertz CT molecular complexity index is 547. The summed E-state index contributed by atoms with van der Waals surface area (Å²) in [5.41, 5.74) is 2.00. The molecule has 1 amide bonds. The Labute approximate surface area is 132 Å². The summed E-state index contributed by atoms with van der Waals surface area (Å²) in [6, 6.07) is 5.15. The number of rotatable bonds is 5. The molecule has 0 aliphatic rings. The Morgan fingerprint density at radius 3 is 2.45 bits per heavy atom. The van der Waals surface area contributed by atoms with Gasteiger partial charge in [0.05, 0.1) is 6.61 Å². The standard InChI is InChI=1S/C17H26N2O3/c1-7-22-15(20)12(3)18-13-9-8-11(2)14(10-13)19-16(21)17(4,5)6/h8-10,12,18H,7H2,1-6H3,(H,19,21)/t12-/m0/s1. The van der Waals surface area contributed by atoms with E-state index in [0.29, 0.717) is 6.61 Å². The molecule has 1 aromatic rings. The van der Waals surface area contributed by atoms with Crippen molar-refractivity contribution in [3.05, 3.63) is 23.8 Å². The van der Waals surface area contributed by atoms with Crippen LogP contribution in [0.5, 0.6) is 0 Å². The molecule has 1 aromatic carbocycles. The van der Waals surface area contributed by atoms with E-state index in [0.717, 1.165) is 16.9 Å². The van der Waals surface area contributed by atoms with Crippen molar-refractivity contribution in [3.8, 4) is 0 Å². The average molecular weight is 306 g/mol. The summed E-state index contributed by atoms with van der Waals surface area (Å²) in [5.74, 6) is -0.352. The summed E-state index contributed by atoms with van der Waals surface area (Å²) in [5, 5.41) is 6.00. The highest BCUT2D eigenvalue weighted by Gasteiger charge is 2.22. The molecule has 1 atom stereocenters. The van der Waals surface area contributed by atoms with E-state index in [1.54, 1.807) is 13.8 Å². The fraction of sp³-hybridized carbons (Fsp3) is 0.529. The molecular weight excluding hydrogens is 280 g/mol. The molecule has 0 aliphatic carbocycles. The van der Waals surface area contributed by atoms with E-state index in [1.165, 1.54) is 0 Å².